The van der Waals surface area contributed by atoms with Crippen LogP contribution in [0.15, 0.2) is 18.6 Å². The van der Waals surface area contributed by atoms with E-state index in [1.807, 2.05) is 26.1 Å². The summed E-state index contributed by atoms with van der Waals surface area (Å²) in [5.74, 6) is -0.290. The Kier molecular flexibility index (Phi) is 2.61. The topological polar surface area (TPSA) is 69.4 Å². The molecular formula is C16H18ClN3O3. The Morgan fingerprint density at radius 3 is 3.00 bits per heavy atom. The Labute approximate surface area is 138 Å². The fourth-order valence-electron chi connectivity index (χ4n) is 4.66. The molecule has 0 amide bonds. The Bertz CT molecular complexity index is 807. The fraction of sp³-hybridized carbons (Fsp3) is 0.625. The van der Waals surface area contributed by atoms with Gasteiger partial charge < -0.3 is 19.1 Å². The number of halogens is 1. The molecule has 0 aromatic carbocycles. The van der Waals surface area contributed by atoms with Gasteiger partial charge in [-0.25, -0.2) is 9.97 Å². The van der Waals surface area contributed by atoms with E-state index in [0.29, 0.717) is 11.1 Å². The normalized spacial score (nSPS) is 40.3. The quantitative estimate of drug-likeness (QED) is 0.852. The maximum absolute atomic E-state index is 9.97. The number of aromatic nitrogens is 3. The van der Waals surface area contributed by atoms with Crippen molar-refractivity contribution in [3.05, 3.63) is 23.7 Å². The minimum atomic E-state index is -0.626. The third kappa shape index (κ3) is 1.70. The number of aliphatic hydroxyl groups is 1. The van der Waals surface area contributed by atoms with E-state index < -0.39 is 5.79 Å². The predicted molar refractivity (Wildman–Crippen MR) is 83.0 cm³/mol. The fourth-order valence-corrected chi connectivity index (χ4v) is 4.85. The molecule has 0 spiro atoms. The van der Waals surface area contributed by atoms with Crippen molar-refractivity contribution in [2.75, 3.05) is 6.61 Å². The highest BCUT2D eigenvalue weighted by molar-refractivity contribution is 6.33. The van der Waals surface area contributed by atoms with E-state index in [2.05, 4.69) is 14.5 Å². The molecule has 0 radical (unpaired) electrons. The molecule has 7 heteroatoms. The zero-order valence-electron chi connectivity index (χ0n) is 12.9. The molecule has 5 rings (SSSR count). The minimum Gasteiger partial charge on any atom is -0.396 e. The SMILES string of the molecule is CC1(C)O[C@H]2[C@H](n3ccc4c(Cl)ncnc43)[C@H]3C[C@]3(CO)[C@H]2O1. The summed E-state index contributed by atoms with van der Waals surface area (Å²) >= 11 is 6.17. The average molecular weight is 336 g/mol. The molecule has 0 unspecified atom stereocenters. The van der Waals surface area contributed by atoms with Gasteiger partial charge in [0, 0.05) is 11.6 Å². The van der Waals surface area contributed by atoms with E-state index in [4.69, 9.17) is 21.1 Å². The molecule has 23 heavy (non-hydrogen) atoms. The molecule has 1 saturated heterocycles. The summed E-state index contributed by atoms with van der Waals surface area (Å²) in [5, 5.41) is 11.3. The first-order valence-electron chi connectivity index (χ1n) is 7.90. The monoisotopic (exact) mass is 335 g/mol. The van der Waals surface area contributed by atoms with Gasteiger partial charge in [0.25, 0.3) is 0 Å². The lowest BCUT2D eigenvalue weighted by molar-refractivity contribution is -0.163. The largest absolute Gasteiger partial charge is 0.396 e. The molecule has 2 aromatic rings. The van der Waals surface area contributed by atoms with Gasteiger partial charge in [-0.2, -0.15) is 0 Å². The van der Waals surface area contributed by atoms with Gasteiger partial charge in [-0.15, -0.1) is 0 Å². The minimum absolute atomic E-state index is 0.0766. The van der Waals surface area contributed by atoms with Crippen molar-refractivity contribution in [3.63, 3.8) is 0 Å². The van der Waals surface area contributed by atoms with Crippen molar-refractivity contribution in [3.8, 4) is 0 Å². The predicted octanol–water partition coefficient (Wildman–Crippen LogP) is 2.16. The van der Waals surface area contributed by atoms with Gasteiger partial charge in [-0.1, -0.05) is 11.6 Å². The molecule has 122 valence electrons. The van der Waals surface area contributed by atoms with Crippen LogP contribution in [0.5, 0.6) is 0 Å². The van der Waals surface area contributed by atoms with Gasteiger partial charge in [-0.05, 0) is 32.3 Å². The Hall–Kier alpha value is -1.21. The maximum atomic E-state index is 9.97. The van der Waals surface area contributed by atoms with E-state index in [-0.39, 0.29) is 30.3 Å². The highest BCUT2D eigenvalue weighted by Gasteiger charge is 2.75. The second-order valence-corrected chi connectivity index (χ2v) is 7.70. The lowest BCUT2D eigenvalue weighted by Gasteiger charge is -2.24. The number of fused-ring (bicyclic) bond motifs is 4. The smallest absolute Gasteiger partial charge is 0.163 e. The summed E-state index contributed by atoms with van der Waals surface area (Å²) in [6.45, 7) is 3.99. The first-order valence-corrected chi connectivity index (χ1v) is 8.28. The summed E-state index contributed by atoms with van der Waals surface area (Å²) in [4.78, 5) is 8.45. The van der Waals surface area contributed by atoms with Crippen LogP contribution in [0.4, 0.5) is 0 Å². The standard InChI is InChI=1S/C16H18ClN3O3/c1-15(2)22-11-10(9-5-16(9,6-21)12(11)23-15)20-4-3-8-13(17)18-7-19-14(8)20/h3-4,7,9-12,21H,5-6H2,1-2H3/t9-,10-,11+,12+,16-/m1/s1. The second-order valence-electron chi connectivity index (χ2n) is 7.34. The Morgan fingerprint density at radius 2 is 2.22 bits per heavy atom. The number of nitrogens with zero attached hydrogens (tertiary/aromatic N) is 3. The molecule has 6 nitrogen and oxygen atoms in total. The molecule has 3 aliphatic rings. The van der Waals surface area contributed by atoms with E-state index in [1.165, 1.54) is 6.33 Å². The zero-order valence-corrected chi connectivity index (χ0v) is 13.7. The average Bonchev–Trinajstić information content (AvgIpc) is 2.78. The number of hydrogen-bond donors (Lipinski definition) is 1. The van der Waals surface area contributed by atoms with Gasteiger partial charge in [0.2, 0.25) is 0 Å². The molecule has 2 saturated carbocycles. The summed E-state index contributed by atoms with van der Waals surface area (Å²) in [6.07, 6.45) is 4.27. The molecular weight excluding hydrogens is 318 g/mol. The van der Waals surface area contributed by atoms with Crippen LogP contribution in [0.25, 0.3) is 11.0 Å². The van der Waals surface area contributed by atoms with Gasteiger partial charge in [0.1, 0.15) is 23.2 Å². The van der Waals surface area contributed by atoms with Crippen LogP contribution in [0.2, 0.25) is 5.15 Å². The van der Waals surface area contributed by atoms with Crippen molar-refractivity contribution in [1.29, 1.82) is 0 Å². The van der Waals surface area contributed by atoms with E-state index in [1.54, 1.807) is 0 Å². The number of aliphatic hydroxyl groups excluding tert-OH is 1. The molecule has 1 aliphatic heterocycles. The van der Waals surface area contributed by atoms with Gasteiger partial charge in [-0.3, -0.25) is 0 Å². The molecule has 2 aromatic heterocycles. The first-order chi connectivity index (χ1) is 11.0. The van der Waals surface area contributed by atoms with Gasteiger partial charge in [0.15, 0.2) is 5.79 Å². The first kappa shape index (κ1) is 14.2. The summed E-state index contributed by atoms with van der Waals surface area (Å²) < 4.78 is 14.4. The van der Waals surface area contributed by atoms with Crippen molar-refractivity contribution < 1.29 is 14.6 Å². The summed E-state index contributed by atoms with van der Waals surface area (Å²) in [6, 6.07) is 2.03. The van der Waals surface area contributed by atoms with E-state index in [0.717, 1.165) is 17.5 Å². The molecule has 5 atom stereocenters. The highest BCUT2D eigenvalue weighted by Crippen LogP contribution is 2.71. The molecule has 1 N–H and O–H groups in total. The van der Waals surface area contributed by atoms with Crippen molar-refractivity contribution in [2.45, 2.75) is 44.3 Å². The molecule has 3 heterocycles. The van der Waals surface area contributed by atoms with Crippen molar-refractivity contribution >= 4 is 22.6 Å². The number of ether oxygens (including phenoxy) is 2. The molecule has 3 fully saturated rings. The number of rotatable bonds is 2. The van der Waals surface area contributed by atoms with Crippen molar-refractivity contribution in [1.82, 2.24) is 14.5 Å². The van der Waals surface area contributed by atoms with Gasteiger partial charge in [0.05, 0.1) is 24.1 Å². The van der Waals surface area contributed by atoms with Crippen LogP contribution in [-0.4, -0.2) is 44.2 Å². The highest BCUT2D eigenvalue weighted by atomic mass is 35.5. The zero-order chi connectivity index (χ0) is 16.0. The van der Waals surface area contributed by atoms with E-state index in [9.17, 15) is 5.11 Å². The van der Waals surface area contributed by atoms with Crippen LogP contribution in [0.3, 0.4) is 0 Å². The lowest BCUT2D eigenvalue weighted by Crippen LogP contribution is -2.33. The second kappa shape index (κ2) is 4.25. The van der Waals surface area contributed by atoms with Crippen LogP contribution < -0.4 is 0 Å². The summed E-state index contributed by atoms with van der Waals surface area (Å²) in [5.41, 5.74) is 0.624. The van der Waals surface area contributed by atoms with Crippen molar-refractivity contribution in [2.24, 2.45) is 11.3 Å². The Balaban J connectivity index is 1.64. The lowest BCUT2D eigenvalue weighted by atomic mass is 10.0. The molecule has 2 aliphatic carbocycles. The third-order valence-electron chi connectivity index (χ3n) is 5.70. The van der Waals surface area contributed by atoms with Crippen LogP contribution in [-0.2, 0) is 9.47 Å². The maximum Gasteiger partial charge on any atom is 0.163 e. The molecule has 0 bridgehead atoms. The summed E-state index contributed by atoms with van der Waals surface area (Å²) in [7, 11) is 0. The van der Waals surface area contributed by atoms with Crippen LogP contribution >= 0.6 is 11.6 Å². The van der Waals surface area contributed by atoms with Crippen LogP contribution in [0.1, 0.15) is 26.3 Å². The van der Waals surface area contributed by atoms with Crippen LogP contribution in [0, 0.1) is 11.3 Å². The van der Waals surface area contributed by atoms with E-state index >= 15 is 0 Å². The van der Waals surface area contributed by atoms with Gasteiger partial charge >= 0.3 is 0 Å². The number of hydrogen-bond acceptors (Lipinski definition) is 5. The third-order valence-corrected chi connectivity index (χ3v) is 6.00. The Morgan fingerprint density at radius 1 is 1.39 bits per heavy atom.